The molecule has 20 heavy (non-hydrogen) atoms. The van der Waals surface area contributed by atoms with Crippen LogP contribution in [0.5, 0.6) is 0 Å². The highest BCUT2D eigenvalue weighted by Gasteiger charge is 2.29. The van der Waals surface area contributed by atoms with Gasteiger partial charge in [-0.25, -0.2) is 4.79 Å². The third-order valence-corrected chi connectivity index (χ3v) is 2.70. The molecule has 0 atom stereocenters. The van der Waals surface area contributed by atoms with Gasteiger partial charge < -0.3 is 11.1 Å². The number of amides is 2. The summed E-state index contributed by atoms with van der Waals surface area (Å²) in [6.45, 7) is 0. The molecule has 0 aliphatic rings. The number of nitrogens with one attached hydrogen (secondary N) is 1. The molecular formula is C14H11F3N2O. The van der Waals surface area contributed by atoms with E-state index in [0.29, 0.717) is 11.3 Å². The maximum Gasteiger partial charge on any atom is 0.416 e. The molecule has 2 amide bonds. The third kappa shape index (κ3) is 3.28. The maximum atomic E-state index is 12.4. The molecule has 2 aromatic rings. The van der Waals surface area contributed by atoms with Crippen molar-refractivity contribution in [3.05, 3.63) is 54.1 Å². The summed E-state index contributed by atoms with van der Waals surface area (Å²) in [5.74, 6) is 0. The van der Waals surface area contributed by atoms with Crippen LogP contribution in [0.15, 0.2) is 48.5 Å². The SMILES string of the molecule is NC(=O)Nc1ccc(-c2ccc(C(F)(F)F)cc2)cc1. The van der Waals surface area contributed by atoms with Crippen molar-refractivity contribution >= 4 is 11.7 Å². The van der Waals surface area contributed by atoms with E-state index in [2.05, 4.69) is 5.32 Å². The number of carbonyl (C=O) groups excluding carboxylic acids is 1. The molecule has 0 aliphatic heterocycles. The zero-order valence-corrected chi connectivity index (χ0v) is 10.2. The average Bonchev–Trinajstić information content (AvgIpc) is 2.38. The number of carbonyl (C=O) groups is 1. The lowest BCUT2D eigenvalue weighted by Crippen LogP contribution is -2.19. The molecule has 0 fully saturated rings. The summed E-state index contributed by atoms with van der Waals surface area (Å²) in [4.78, 5) is 10.7. The van der Waals surface area contributed by atoms with Crippen molar-refractivity contribution in [3.63, 3.8) is 0 Å². The van der Waals surface area contributed by atoms with Crippen molar-refractivity contribution in [2.75, 3.05) is 5.32 Å². The molecule has 104 valence electrons. The van der Waals surface area contributed by atoms with Gasteiger partial charge in [0.25, 0.3) is 0 Å². The monoisotopic (exact) mass is 280 g/mol. The fourth-order valence-electron chi connectivity index (χ4n) is 1.74. The second-order valence-electron chi connectivity index (χ2n) is 4.14. The molecule has 0 aromatic heterocycles. The van der Waals surface area contributed by atoms with Crippen LogP contribution in [-0.2, 0) is 6.18 Å². The molecule has 3 N–H and O–H groups in total. The number of hydrogen-bond donors (Lipinski definition) is 2. The van der Waals surface area contributed by atoms with Crippen LogP contribution in [0.25, 0.3) is 11.1 Å². The second kappa shape index (κ2) is 5.24. The Balaban J connectivity index is 2.21. The summed E-state index contributed by atoms with van der Waals surface area (Å²) in [6.07, 6.45) is -4.34. The Labute approximate surface area is 113 Å². The smallest absolute Gasteiger partial charge is 0.351 e. The van der Waals surface area contributed by atoms with Gasteiger partial charge in [0.1, 0.15) is 0 Å². The summed E-state index contributed by atoms with van der Waals surface area (Å²) in [7, 11) is 0. The highest BCUT2D eigenvalue weighted by atomic mass is 19.4. The Morgan fingerprint density at radius 3 is 1.75 bits per heavy atom. The first-order chi connectivity index (χ1) is 9.36. The van der Waals surface area contributed by atoms with Gasteiger partial charge in [0, 0.05) is 5.69 Å². The second-order valence-corrected chi connectivity index (χ2v) is 4.14. The van der Waals surface area contributed by atoms with Crippen LogP contribution in [0.1, 0.15) is 5.56 Å². The van der Waals surface area contributed by atoms with E-state index < -0.39 is 17.8 Å². The van der Waals surface area contributed by atoms with E-state index in [1.165, 1.54) is 12.1 Å². The van der Waals surface area contributed by atoms with E-state index in [4.69, 9.17) is 5.73 Å². The minimum absolute atomic E-state index is 0.521. The molecule has 0 radical (unpaired) electrons. The number of urea groups is 1. The third-order valence-electron chi connectivity index (χ3n) is 2.70. The predicted molar refractivity (Wildman–Crippen MR) is 70.1 cm³/mol. The van der Waals surface area contributed by atoms with Crippen LogP contribution < -0.4 is 11.1 Å². The summed E-state index contributed by atoms with van der Waals surface area (Å²) < 4.78 is 37.3. The van der Waals surface area contributed by atoms with E-state index in [9.17, 15) is 18.0 Å². The van der Waals surface area contributed by atoms with Gasteiger partial charge in [-0.05, 0) is 35.4 Å². The van der Waals surface area contributed by atoms with Crippen LogP contribution in [0.3, 0.4) is 0 Å². The first kappa shape index (κ1) is 13.9. The van der Waals surface area contributed by atoms with Crippen molar-refractivity contribution < 1.29 is 18.0 Å². The molecule has 0 aliphatic carbocycles. The fourth-order valence-corrected chi connectivity index (χ4v) is 1.74. The first-order valence-electron chi connectivity index (χ1n) is 5.70. The maximum absolute atomic E-state index is 12.4. The molecule has 2 rings (SSSR count). The van der Waals surface area contributed by atoms with E-state index in [0.717, 1.165) is 17.7 Å². The molecule has 6 heteroatoms. The van der Waals surface area contributed by atoms with Crippen molar-refractivity contribution in [2.24, 2.45) is 5.73 Å². The number of hydrogen-bond acceptors (Lipinski definition) is 1. The van der Waals surface area contributed by atoms with Crippen LogP contribution in [-0.4, -0.2) is 6.03 Å². The Morgan fingerprint density at radius 2 is 1.35 bits per heavy atom. The van der Waals surface area contributed by atoms with Gasteiger partial charge in [0.15, 0.2) is 0 Å². The predicted octanol–water partition coefficient (Wildman–Crippen LogP) is 3.86. The Morgan fingerprint density at radius 1 is 0.900 bits per heavy atom. The molecule has 0 spiro atoms. The fraction of sp³-hybridized carbons (Fsp3) is 0.0714. The highest BCUT2D eigenvalue weighted by molar-refractivity contribution is 5.88. The molecule has 2 aromatic carbocycles. The van der Waals surface area contributed by atoms with Crippen LogP contribution >= 0.6 is 0 Å². The normalized spacial score (nSPS) is 11.2. The van der Waals surface area contributed by atoms with E-state index in [1.54, 1.807) is 24.3 Å². The Hall–Kier alpha value is -2.50. The van der Waals surface area contributed by atoms with Gasteiger partial charge in [-0.15, -0.1) is 0 Å². The molecular weight excluding hydrogens is 269 g/mol. The van der Waals surface area contributed by atoms with Crippen LogP contribution in [0.2, 0.25) is 0 Å². The minimum atomic E-state index is -4.34. The number of alkyl halides is 3. The average molecular weight is 280 g/mol. The van der Waals surface area contributed by atoms with Crippen LogP contribution in [0, 0.1) is 0 Å². The number of primary amides is 1. The number of nitrogens with two attached hydrogens (primary N) is 1. The van der Waals surface area contributed by atoms with Gasteiger partial charge in [0.2, 0.25) is 0 Å². The molecule has 0 bridgehead atoms. The zero-order chi connectivity index (χ0) is 14.8. The lowest BCUT2D eigenvalue weighted by Gasteiger charge is -2.08. The summed E-state index contributed by atoms with van der Waals surface area (Å²) in [5, 5.41) is 2.40. The van der Waals surface area contributed by atoms with Gasteiger partial charge in [-0.1, -0.05) is 24.3 Å². The van der Waals surface area contributed by atoms with Crippen molar-refractivity contribution in [2.45, 2.75) is 6.18 Å². The summed E-state index contributed by atoms with van der Waals surface area (Å²) >= 11 is 0. The molecule has 0 heterocycles. The molecule has 0 saturated heterocycles. The molecule has 0 saturated carbocycles. The van der Waals surface area contributed by atoms with Crippen LogP contribution in [0.4, 0.5) is 23.7 Å². The first-order valence-corrected chi connectivity index (χ1v) is 5.70. The quantitative estimate of drug-likeness (QED) is 0.862. The number of halogens is 3. The van der Waals surface area contributed by atoms with Crippen molar-refractivity contribution in [3.8, 4) is 11.1 Å². The largest absolute Gasteiger partial charge is 0.416 e. The Bertz CT molecular complexity index is 604. The van der Waals surface area contributed by atoms with E-state index >= 15 is 0 Å². The van der Waals surface area contributed by atoms with Crippen molar-refractivity contribution in [1.82, 2.24) is 0 Å². The van der Waals surface area contributed by atoms with Gasteiger partial charge in [-0.2, -0.15) is 13.2 Å². The number of benzene rings is 2. The lowest BCUT2D eigenvalue weighted by atomic mass is 10.0. The van der Waals surface area contributed by atoms with Gasteiger partial charge in [0.05, 0.1) is 5.56 Å². The minimum Gasteiger partial charge on any atom is -0.351 e. The summed E-state index contributed by atoms with van der Waals surface area (Å²) in [6, 6.07) is 10.8. The van der Waals surface area contributed by atoms with Crippen molar-refractivity contribution in [1.29, 1.82) is 0 Å². The zero-order valence-electron chi connectivity index (χ0n) is 10.2. The van der Waals surface area contributed by atoms with Gasteiger partial charge in [-0.3, -0.25) is 0 Å². The number of rotatable bonds is 2. The molecule has 0 unspecified atom stereocenters. The topological polar surface area (TPSA) is 55.1 Å². The lowest BCUT2D eigenvalue weighted by molar-refractivity contribution is -0.137. The summed E-state index contributed by atoms with van der Waals surface area (Å²) in [5.41, 5.74) is 6.21. The Kier molecular flexibility index (Phi) is 3.65. The van der Waals surface area contributed by atoms with Gasteiger partial charge >= 0.3 is 12.2 Å². The van der Waals surface area contributed by atoms with E-state index in [-0.39, 0.29) is 0 Å². The molecule has 3 nitrogen and oxygen atoms in total. The highest BCUT2D eigenvalue weighted by Crippen LogP contribution is 2.31. The van der Waals surface area contributed by atoms with E-state index in [1.807, 2.05) is 0 Å². The number of anilines is 1. The standard InChI is InChI=1S/C14H11F3N2O/c15-14(16,17)11-5-1-9(2-6-11)10-3-7-12(8-4-10)19-13(18)20/h1-8H,(H3,18,19,20).